The summed E-state index contributed by atoms with van der Waals surface area (Å²) < 4.78 is 5.76. The van der Waals surface area contributed by atoms with Gasteiger partial charge in [-0.15, -0.1) is 0 Å². The number of nitrogens with zero attached hydrogens (tertiary/aromatic N) is 2. The zero-order chi connectivity index (χ0) is 14.5. The number of hydrogen-bond donors (Lipinski definition) is 0. The third-order valence-electron chi connectivity index (χ3n) is 3.05. The molecule has 0 saturated heterocycles. The molecule has 0 N–H and O–H groups in total. The molecule has 1 aromatic carbocycles. The Kier molecular flexibility index (Phi) is 4.58. The van der Waals surface area contributed by atoms with Crippen molar-refractivity contribution < 1.29 is 9.53 Å². The van der Waals surface area contributed by atoms with Crippen LogP contribution in [-0.4, -0.2) is 22.4 Å². The molecule has 0 saturated carbocycles. The SMILES string of the molecule is CCOC(c1ccccc1)c1ncc(C(C)=O)c(C)n1. The molecule has 0 spiro atoms. The van der Waals surface area contributed by atoms with E-state index in [2.05, 4.69) is 9.97 Å². The molecule has 1 unspecified atom stereocenters. The summed E-state index contributed by atoms with van der Waals surface area (Å²) in [6.45, 7) is 5.83. The van der Waals surface area contributed by atoms with E-state index in [1.807, 2.05) is 44.2 Å². The van der Waals surface area contributed by atoms with Crippen LogP contribution in [0.25, 0.3) is 0 Å². The minimum Gasteiger partial charge on any atom is -0.366 e. The van der Waals surface area contributed by atoms with E-state index in [9.17, 15) is 4.79 Å². The van der Waals surface area contributed by atoms with Crippen molar-refractivity contribution in [3.63, 3.8) is 0 Å². The first-order valence-electron chi connectivity index (χ1n) is 6.64. The molecule has 0 aliphatic carbocycles. The number of aromatic nitrogens is 2. The molecule has 0 amide bonds. The number of hydrogen-bond acceptors (Lipinski definition) is 4. The molecule has 0 bridgehead atoms. The Balaban J connectivity index is 2.40. The van der Waals surface area contributed by atoms with Gasteiger partial charge in [-0.2, -0.15) is 0 Å². The summed E-state index contributed by atoms with van der Waals surface area (Å²) >= 11 is 0. The molecule has 20 heavy (non-hydrogen) atoms. The first kappa shape index (κ1) is 14.3. The maximum atomic E-state index is 11.4. The fourth-order valence-corrected chi connectivity index (χ4v) is 2.07. The number of aryl methyl sites for hydroxylation is 1. The van der Waals surface area contributed by atoms with Gasteiger partial charge < -0.3 is 4.74 Å². The molecule has 1 aromatic heterocycles. The number of benzene rings is 1. The van der Waals surface area contributed by atoms with Gasteiger partial charge in [0, 0.05) is 12.8 Å². The van der Waals surface area contributed by atoms with Crippen LogP contribution in [0.15, 0.2) is 36.5 Å². The highest BCUT2D eigenvalue weighted by Crippen LogP contribution is 2.23. The van der Waals surface area contributed by atoms with Gasteiger partial charge in [0.25, 0.3) is 0 Å². The van der Waals surface area contributed by atoms with Gasteiger partial charge in [-0.05, 0) is 26.3 Å². The van der Waals surface area contributed by atoms with Crippen LogP contribution in [0, 0.1) is 6.92 Å². The molecule has 0 aliphatic rings. The second-order valence-electron chi connectivity index (χ2n) is 4.53. The summed E-state index contributed by atoms with van der Waals surface area (Å²) in [7, 11) is 0. The van der Waals surface area contributed by atoms with E-state index in [0.717, 1.165) is 5.56 Å². The van der Waals surface area contributed by atoms with Crippen molar-refractivity contribution in [3.8, 4) is 0 Å². The lowest BCUT2D eigenvalue weighted by Crippen LogP contribution is -2.13. The summed E-state index contributed by atoms with van der Waals surface area (Å²) in [5, 5.41) is 0. The fourth-order valence-electron chi connectivity index (χ4n) is 2.07. The minimum atomic E-state index is -0.305. The summed E-state index contributed by atoms with van der Waals surface area (Å²) in [4.78, 5) is 20.2. The van der Waals surface area contributed by atoms with Gasteiger partial charge in [0.05, 0.1) is 11.3 Å². The third-order valence-corrected chi connectivity index (χ3v) is 3.05. The first-order chi connectivity index (χ1) is 9.63. The van der Waals surface area contributed by atoms with E-state index >= 15 is 0 Å². The molecule has 4 heteroatoms. The summed E-state index contributed by atoms with van der Waals surface area (Å²) in [6, 6.07) is 9.84. The Hall–Kier alpha value is -2.07. The van der Waals surface area contributed by atoms with Crippen LogP contribution in [0.2, 0.25) is 0 Å². The minimum absolute atomic E-state index is 0.0262. The summed E-state index contributed by atoms with van der Waals surface area (Å²) in [5.41, 5.74) is 2.24. The molecule has 4 nitrogen and oxygen atoms in total. The second kappa shape index (κ2) is 6.39. The van der Waals surface area contributed by atoms with Gasteiger partial charge in [-0.1, -0.05) is 30.3 Å². The molecular formula is C16H18N2O2. The average Bonchev–Trinajstić information content (AvgIpc) is 2.45. The lowest BCUT2D eigenvalue weighted by atomic mass is 10.1. The van der Waals surface area contributed by atoms with Crippen LogP contribution in [0.5, 0.6) is 0 Å². The molecule has 1 heterocycles. The number of Topliss-reactive ketones (excluding diaryl/α,β-unsaturated/α-hetero) is 1. The predicted molar refractivity (Wildman–Crippen MR) is 76.7 cm³/mol. The topological polar surface area (TPSA) is 52.1 Å². The quantitative estimate of drug-likeness (QED) is 0.783. The van der Waals surface area contributed by atoms with Crippen molar-refractivity contribution >= 4 is 5.78 Å². The highest BCUT2D eigenvalue weighted by molar-refractivity contribution is 5.94. The number of carbonyl (C=O) groups is 1. The lowest BCUT2D eigenvalue weighted by Gasteiger charge is -2.17. The highest BCUT2D eigenvalue weighted by atomic mass is 16.5. The van der Waals surface area contributed by atoms with E-state index in [1.54, 1.807) is 6.20 Å². The maximum absolute atomic E-state index is 11.4. The van der Waals surface area contributed by atoms with E-state index in [0.29, 0.717) is 23.7 Å². The Bertz CT molecular complexity index is 597. The van der Waals surface area contributed by atoms with Crippen LogP contribution in [0.3, 0.4) is 0 Å². The maximum Gasteiger partial charge on any atom is 0.163 e. The average molecular weight is 270 g/mol. The van der Waals surface area contributed by atoms with Crippen molar-refractivity contribution in [3.05, 3.63) is 59.2 Å². The molecule has 104 valence electrons. The van der Waals surface area contributed by atoms with E-state index < -0.39 is 0 Å². The van der Waals surface area contributed by atoms with E-state index in [4.69, 9.17) is 4.74 Å². The first-order valence-corrected chi connectivity index (χ1v) is 6.64. The Morgan fingerprint density at radius 2 is 2.00 bits per heavy atom. The molecule has 0 aliphatic heterocycles. The molecular weight excluding hydrogens is 252 g/mol. The Morgan fingerprint density at radius 1 is 1.30 bits per heavy atom. The van der Waals surface area contributed by atoms with Gasteiger partial charge in [0.2, 0.25) is 0 Å². The molecule has 0 fully saturated rings. The lowest BCUT2D eigenvalue weighted by molar-refractivity contribution is 0.0847. The molecule has 2 aromatic rings. The smallest absolute Gasteiger partial charge is 0.163 e. The van der Waals surface area contributed by atoms with Crippen molar-refractivity contribution in [1.82, 2.24) is 9.97 Å². The van der Waals surface area contributed by atoms with Crippen molar-refractivity contribution in [2.75, 3.05) is 6.61 Å². The van der Waals surface area contributed by atoms with E-state index in [1.165, 1.54) is 6.92 Å². The number of ether oxygens (including phenoxy) is 1. The van der Waals surface area contributed by atoms with Crippen molar-refractivity contribution in [1.29, 1.82) is 0 Å². The van der Waals surface area contributed by atoms with Crippen LogP contribution in [0.1, 0.15) is 47.4 Å². The summed E-state index contributed by atoms with van der Waals surface area (Å²) in [5.74, 6) is 0.558. The number of ketones is 1. The second-order valence-corrected chi connectivity index (χ2v) is 4.53. The number of rotatable bonds is 5. The molecule has 2 rings (SSSR count). The van der Waals surface area contributed by atoms with Gasteiger partial charge in [-0.3, -0.25) is 4.79 Å². The third kappa shape index (κ3) is 3.08. The van der Waals surface area contributed by atoms with Gasteiger partial charge >= 0.3 is 0 Å². The van der Waals surface area contributed by atoms with Crippen molar-refractivity contribution in [2.45, 2.75) is 26.9 Å². The highest BCUT2D eigenvalue weighted by Gasteiger charge is 2.18. The standard InChI is InChI=1S/C16H18N2O2/c1-4-20-15(13-8-6-5-7-9-13)16-17-10-14(12(3)19)11(2)18-16/h5-10,15H,4H2,1-3H3. The zero-order valence-electron chi connectivity index (χ0n) is 12.0. The van der Waals surface area contributed by atoms with Crippen LogP contribution >= 0.6 is 0 Å². The van der Waals surface area contributed by atoms with Crippen LogP contribution in [-0.2, 0) is 4.74 Å². The predicted octanol–water partition coefficient (Wildman–Crippen LogP) is 3.11. The Labute approximate surface area is 118 Å². The largest absolute Gasteiger partial charge is 0.366 e. The number of carbonyl (C=O) groups excluding carboxylic acids is 1. The van der Waals surface area contributed by atoms with E-state index in [-0.39, 0.29) is 11.9 Å². The fraction of sp³-hybridized carbons (Fsp3) is 0.312. The van der Waals surface area contributed by atoms with Gasteiger partial charge in [0.1, 0.15) is 6.10 Å². The normalized spacial score (nSPS) is 12.2. The summed E-state index contributed by atoms with van der Waals surface area (Å²) in [6.07, 6.45) is 1.27. The van der Waals surface area contributed by atoms with Crippen LogP contribution in [0.4, 0.5) is 0 Å². The van der Waals surface area contributed by atoms with Gasteiger partial charge in [0.15, 0.2) is 11.6 Å². The zero-order valence-corrected chi connectivity index (χ0v) is 12.0. The molecule has 0 radical (unpaired) electrons. The van der Waals surface area contributed by atoms with Gasteiger partial charge in [-0.25, -0.2) is 9.97 Å². The monoisotopic (exact) mass is 270 g/mol. The van der Waals surface area contributed by atoms with Crippen LogP contribution < -0.4 is 0 Å². The molecule has 1 atom stereocenters. The Morgan fingerprint density at radius 3 is 2.55 bits per heavy atom. The van der Waals surface area contributed by atoms with Crippen molar-refractivity contribution in [2.24, 2.45) is 0 Å².